The highest BCUT2D eigenvalue weighted by Gasteiger charge is 2.20. The Bertz CT molecular complexity index is 477. The molecule has 1 aliphatic rings. The quantitative estimate of drug-likeness (QED) is 0.303. The van der Waals surface area contributed by atoms with Crippen LogP contribution in [0.4, 0.5) is 0 Å². The summed E-state index contributed by atoms with van der Waals surface area (Å²) in [7, 11) is 5.47. The normalized spacial score (nSPS) is 19.1. The van der Waals surface area contributed by atoms with Gasteiger partial charge < -0.3 is 19.3 Å². The van der Waals surface area contributed by atoms with Gasteiger partial charge in [-0.2, -0.15) is 0 Å². The molecule has 0 atom stereocenters. The van der Waals surface area contributed by atoms with Crippen molar-refractivity contribution in [1.82, 2.24) is 9.80 Å². The number of aliphatic imine (C=N–C) groups is 1. The molecule has 1 saturated heterocycles. The summed E-state index contributed by atoms with van der Waals surface area (Å²) in [5, 5.41) is 0.993. The molecule has 0 aromatic rings. The number of thioether (sulfide) groups is 1. The standard InChI is InChI=1S/C18H33N3O2S/c1-8-14(2)17(21-11-9-20(4)10-12-21)13-16(18(22-5)23-6)19-15(3)24-7/h13,18H,8-12H2,1-7H3/b16-13-,17-14-,19-15?. The number of hydrogen-bond acceptors (Lipinski definition) is 6. The van der Waals surface area contributed by atoms with Gasteiger partial charge in [0.15, 0.2) is 0 Å². The lowest BCUT2D eigenvalue weighted by atomic mass is 10.1. The first-order valence-electron chi connectivity index (χ1n) is 8.46. The highest BCUT2D eigenvalue weighted by atomic mass is 32.2. The average molecular weight is 356 g/mol. The van der Waals surface area contributed by atoms with Crippen LogP contribution >= 0.6 is 11.8 Å². The molecule has 0 bridgehead atoms. The zero-order chi connectivity index (χ0) is 18.1. The highest BCUT2D eigenvalue weighted by molar-refractivity contribution is 8.13. The zero-order valence-corrected chi connectivity index (χ0v) is 17.1. The molecule has 138 valence electrons. The number of methoxy groups -OCH3 is 2. The maximum Gasteiger partial charge on any atom is 0.200 e. The van der Waals surface area contributed by atoms with Crippen molar-refractivity contribution in [1.29, 1.82) is 0 Å². The number of nitrogens with zero attached hydrogens (tertiary/aromatic N) is 3. The molecule has 6 heteroatoms. The van der Waals surface area contributed by atoms with Gasteiger partial charge >= 0.3 is 0 Å². The maximum atomic E-state index is 5.47. The van der Waals surface area contributed by atoms with Gasteiger partial charge in [-0.1, -0.05) is 12.5 Å². The van der Waals surface area contributed by atoms with E-state index in [4.69, 9.17) is 14.5 Å². The summed E-state index contributed by atoms with van der Waals surface area (Å²) in [5.74, 6) is 0. The van der Waals surface area contributed by atoms with Crippen molar-refractivity contribution in [3.8, 4) is 0 Å². The van der Waals surface area contributed by atoms with Crippen LogP contribution in [0.25, 0.3) is 0 Å². The fourth-order valence-electron chi connectivity index (χ4n) is 2.57. The Morgan fingerprint density at radius 3 is 2.21 bits per heavy atom. The molecule has 0 unspecified atom stereocenters. The summed E-state index contributed by atoms with van der Waals surface area (Å²) in [4.78, 5) is 9.54. The second kappa shape index (κ2) is 10.9. The third-order valence-electron chi connectivity index (χ3n) is 4.35. The molecule has 1 aliphatic heterocycles. The number of likely N-dealkylation sites (N-methyl/N-ethyl adjacent to an activating group) is 1. The van der Waals surface area contributed by atoms with E-state index in [1.165, 1.54) is 11.3 Å². The molecular formula is C18H33N3O2S. The largest absolute Gasteiger partial charge is 0.369 e. The minimum absolute atomic E-state index is 0.459. The predicted molar refractivity (Wildman–Crippen MR) is 105 cm³/mol. The first-order chi connectivity index (χ1) is 11.5. The van der Waals surface area contributed by atoms with Crippen molar-refractivity contribution in [3.63, 3.8) is 0 Å². The zero-order valence-electron chi connectivity index (χ0n) is 16.3. The van der Waals surface area contributed by atoms with Gasteiger partial charge in [0.05, 0.1) is 10.7 Å². The Labute approximate surface area is 151 Å². The molecule has 0 aromatic heterocycles. The first kappa shape index (κ1) is 21.2. The second-order valence-corrected chi connectivity index (χ2v) is 7.02. The third-order valence-corrected chi connectivity index (χ3v) is 5.03. The van der Waals surface area contributed by atoms with E-state index in [1.807, 2.05) is 13.2 Å². The SMILES string of the molecule is CC/C(C)=C(/C=C(\N=C(C)SC)C(OC)OC)N1CCN(C)CC1. The van der Waals surface area contributed by atoms with Gasteiger partial charge in [-0.25, -0.2) is 4.99 Å². The van der Waals surface area contributed by atoms with Crippen LogP contribution in [0.1, 0.15) is 27.2 Å². The Morgan fingerprint density at radius 1 is 1.17 bits per heavy atom. The fraction of sp³-hybridized carbons (Fsp3) is 0.722. The Balaban J connectivity index is 3.24. The highest BCUT2D eigenvalue weighted by Crippen LogP contribution is 2.22. The van der Waals surface area contributed by atoms with Crippen LogP contribution in [0.2, 0.25) is 0 Å². The molecule has 1 rings (SSSR count). The molecule has 0 spiro atoms. The van der Waals surface area contributed by atoms with Crippen molar-refractivity contribution in [2.24, 2.45) is 4.99 Å². The van der Waals surface area contributed by atoms with Crippen LogP contribution < -0.4 is 0 Å². The van der Waals surface area contributed by atoms with Gasteiger partial charge in [0.1, 0.15) is 0 Å². The number of allylic oxidation sites excluding steroid dienone is 2. The number of rotatable bonds is 7. The number of ether oxygens (including phenoxy) is 2. The minimum Gasteiger partial charge on any atom is -0.369 e. The summed E-state index contributed by atoms with van der Waals surface area (Å²) in [5.41, 5.74) is 3.42. The summed E-state index contributed by atoms with van der Waals surface area (Å²) in [6, 6.07) is 0. The van der Waals surface area contributed by atoms with Crippen molar-refractivity contribution in [2.45, 2.75) is 33.5 Å². The molecule has 1 fully saturated rings. The first-order valence-corrected chi connectivity index (χ1v) is 9.68. The van der Waals surface area contributed by atoms with E-state index in [-0.39, 0.29) is 0 Å². The van der Waals surface area contributed by atoms with E-state index in [0.717, 1.165) is 43.3 Å². The Kier molecular flexibility index (Phi) is 9.66. The summed E-state index contributed by atoms with van der Waals surface area (Å²) >= 11 is 1.63. The van der Waals surface area contributed by atoms with E-state index in [9.17, 15) is 0 Å². The average Bonchev–Trinajstić information content (AvgIpc) is 2.60. The molecule has 0 aliphatic carbocycles. The Hall–Kier alpha value is -0.820. The molecule has 0 radical (unpaired) electrons. The molecule has 0 N–H and O–H groups in total. The summed E-state index contributed by atoms with van der Waals surface area (Å²) in [6.07, 6.45) is 4.72. The van der Waals surface area contributed by atoms with Crippen molar-refractivity contribution in [2.75, 3.05) is 53.7 Å². The fourth-order valence-corrected chi connectivity index (χ4v) is 2.77. The smallest absolute Gasteiger partial charge is 0.200 e. The van der Waals surface area contributed by atoms with Crippen LogP contribution in [0.15, 0.2) is 28.0 Å². The lowest BCUT2D eigenvalue weighted by Crippen LogP contribution is -2.44. The molecule has 0 saturated carbocycles. The monoisotopic (exact) mass is 355 g/mol. The molecule has 1 heterocycles. The maximum absolute atomic E-state index is 5.47. The minimum atomic E-state index is -0.459. The third kappa shape index (κ3) is 6.24. The van der Waals surface area contributed by atoms with E-state index < -0.39 is 6.29 Å². The lowest BCUT2D eigenvalue weighted by Gasteiger charge is -2.36. The molecule has 0 aromatic carbocycles. The van der Waals surface area contributed by atoms with Crippen LogP contribution in [0, 0.1) is 0 Å². The topological polar surface area (TPSA) is 37.3 Å². The number of hydrogen-bond donors (Lipinski definition) is 0. The van der Waals surface area contributed by atoms with Crippen LogP contribution in [0.3, 0.4) is 0 Å². The van der Waals surface area contributed by atoms with E-state index in [2.05, 4.69) is 36.8 Å². The van der Waals surface area contributed by atoms with E-state index >= 15 is 0 Å². The summed E-state index contributed by atoms with van der Waals surface area (Å²) in [6.45, 7) is 10.6. The Morgan fingerprint density at radius 2 is 1.75 bits per heavy atom. The van der Waals surface area contributed by atoms with E-state index in [0.29, 0.717) is 0 Å². The summed E-state index contributed by atoms with van der Waals surface area (Å²) < 4.78 is 10.9. The van der Waals surface area contributed by atoms with Gasteiger partial charge in [0.2, 0.25) is 6.29 Å². The van der Waals surface area contributed by atoms with Gasteiger partial charge in [-0.15, -0.1) is 11.8 Å². The molecule has 5 nitrogen and oxygen atoms in total. The predicted octanol–water partition coefficient (Wildman–Crippen LogP) is 3.20. The molecular weight excluding hydrogens is 322 g/mol. The molecule has 0 amide bonds. The van der Waals surface area contributed by atoms with Crippen molar-refractivity contribution in [3.05, 3.63) is 23.0 Å². The van der Waals surface area contributed by atoms with E-state index in [1.54, 1.807) is 26.0 Å². The molecule has 24 heavy (non-hydrogen) atoms. The van der Waals surface area contributed by atoms with Gasteiger partial charge in [0, 0.05) is 46.1 Å². The van der Waals surface area contributed by atoms with Gasteiger partial charge in [0.25, 0.3) is 0 Å². The number of piperazine rings is 1. The van der Waals surface area contributed by atoms with Crippen molar-refractivity contribution >= 4 is 16.8 Å². The van der Waals surface area contributed by atoms with Crippen LogP contribution in [-0.4, -0.2) is 74.8 Å². The van der Waals surface area contributed by atoms with Crippen LogP contribution in [0.5, 0.6) is 0 Å². The van der Waals surface area contributed by atoms with Crippen molar-refractivity contribution < 1.29 is 9.47 Å². The van der Waals surface area contributed by atoms with Crippen LogP contribution in [-0.2, 0) is 9.47 Å². The lowest BCUT2D eigenvalue weighted by molar-refractivity contribution is -0.0755. The van der Waals surface area contributed by atoms with Gasteiger partial charge in [-0.05, 0) is 39.6 Å². The second-order valence-electron chi connectivity index (χ2n) is 6.02. The van der Waals surface area contributed by atoms with Gasteiger partial charge in [-0.3, -0.25) is 0 Å².